The van der Waals surface area contributed by atoms with Crippen molar-refractivity contribution in [3.63, 3.8) is 0 Å². The predicted octanol–water partition coefficient (Wildman–Crippen LogP) is 4.79. The summed E-state index contributed by atoms with van der Waals surface area (Å²) in [4.78, 5) is 0.359. The van der Waals surface area contributed by atoms with Crippen LogP contribution in [0.15, 0.2) is 48.5 Å². The van der Waals surface area contributed by atoms with E-state index < -0.39 is 0 Å². The molecule has 0 spiro atoms. The van der Waals surface area contributed by atoms with Crippen LogP contribution in [-0.4, -0.2) is 0 Å². The summed E-state index contributed by atoms with van der Waals surface area (Å²) in [5.41, 5.74) is 2.81. The lowest BCUT2D eigenvalue weighted by Gasteiger charge is -2.03. The van der Waals surface area contributed by atoms with Gasteiger partial charge in [-0.1, -0.05) is 64.5 Å². The van der Waals surface area contributed by atoms with E-state index in [0.717, 1.165) is 0 Å². The molecule has 0 heterocycles. The van der Waals surface area contributed by atoms with Crippen LogP contribution in [0.2, 0.25) is 0 Å². The zero-order valence-corrected chi connectivity index (χ0v) is 10.2. The normalized spacial score (nSPS) is 14.3. The van der Waals surface area contributed by atoms with E-state index >= 15 is 0 Å². The Hall–Kier alpha value is -1.34. The molecule has 0 aromatic heterocycles. The van der Waals surface area contributed by atoms with E-state index in [-0.39, 0.29) is 0 Å². The maximum Gasteiger partial charge on any atom is 0.0657 e. The summed E-state index contributed by atoms with van der Waals surface area (Å²) < 4.78 is 0. The summed E-state index contributed by atoms with van der Waals surface area (Å²) in [6.07, 6.45) is 0. The van der Waals surface area contributed by atoms with Gasteiger partial charge in [0.1, 0.15) is 0 Å². The highest BCUT2D eigenvalue weighted by Gasteiger charge is 2.24. The fraction of sp³-hybridized carbons (Fsp3) is 0.0667. The molecule has 0 unspecified atom stereocenters. The van der Waals surface area contributed by atoms with Gasteiger partial charge in [-0.25, -0.2) is 0 Å². The third kappa shape index (κ3) is 0.903. The number of benzene rings is 3. The topological polar surface area (TPSA) is 0 Å². The highest BCUT2D eigenvalue weighted by molar-refractivity contribution is 9.09. The van der Waals surface area contributed by atoms with Gasteiger partial charge in [0.05, 0.1) is 4.83 Å². The Balaban J connectivity index is 2.40. The van der Waals surface area contributed by atoms with Gasteiger partial charge in [-0.15, -0.1) is 0 Å². The number of hydrogen-bond donors (Lipinski definition) is 0. The summed E-state index contributed by atoms with van der Waals surface area (Å²) in [7, 11) is 0. The number of hydrogen-bond acceptors (Lipinski definition) is 0. The molecule has 1 heteroatoms. The second-order valence-electron chi connectivity index (χ2n) is 4.32. The molecule has 1 aliphatic carbocycles. The largest absolute Gasteiger partial charge is 0.0786 e. The SMILES string of the molecule is BrC1c2cccc3ccc4cccc1c4c23. The van der Waals surface area contributed by atoms with Crippen molar-refractivity contribution >= 4 is 37.5 Å². The molecule has 0 bridgehead atoms. The molecule has 4 rings (SSSR count). The molecule has 16 heavy (non-hydrogen) atoms. The lowest BCUT2D eigenvalue weighted by molar-refractivity contribution is 1.26. The zero-order chi connectivity index (χ0) is 10.7. The third-order valence-corrected chi connectivity index (χ3v) is 4.48. The molecule has 1 aliphatic rings. The van der Waals surface area contributed by atoms with Gasteiger partial charge < -0.3 is 0 Å². The quantitative estimate of drug-likeness (QED) is 0.406. The number of rotatable bonds is 0. The summed E-state index contributed by atoms with van der Waals surface area (Å²) in [6.45, 7) is 0. The Bertz CT molecular complexity index is 665. The Kier molecular flexibility index (Phi) is 1.57. The molecule has 0 N–H and O–H groups in total. The zero-order valence-electron chi connectivity index (χ0n) is 8.57. The van der Waals surface area contributed by atoms with Gasteiger partial charge >= 0.3 is 0 Å². The van der Waals surface area contributed by atoms with Gasteiger partial charge in [0.15, 0.2) is 0 Å². The first-order chi connectivity index (χ1) is 7.86. The maximum atomic E-state index is 3.80. The molecular formula is C15H9Br. The van der Waals surface area contributed by atoms with E-state index in [1.165, 1.54) is 32.7 Å². The molecule has 0 saturated heterocycles. The number of halogens is 1. The van der Waals surface area contributed by atoms with Crippen molar-refractivity contribution < 1.29 is 0 Å². The fourth-order valence-corrected chi connectivity index (χ4v) is 3.57. The molecule has 0 atom stereocenters. The highest BCUT2D eigenvalue weighted by Crippen LogP contribution is 2.47. The second kappa shape index (κ2) is 2.86. The van der Waals surface area contributed by atoms with E-state index in [0.29, 0.717) is 4.83 Å². The third-order valence-electron chi connectivity index (χ3n) is 3.50. The summed E-state index contributed by atoms with van der Waals surface area (Å²) in [6, 6.07) is 17.6. The van der Waals surface area contributed by atoms with Crippen LogP contribution >= 0.6 is 15.9 Å². The van der Waals surface area contributed by atoms with E-state index in [1.807, 2.05) is 0 Å². The van der Waals surface area contributed by atoms with Crippen molar-refractivity contribution in [2.24, 2.45) is 0 Å². The Morgan fingerprint density at radius 1 is 0.688 bits per heavy atom. The van der Waals surface area contributed by atoms with Gasteiger partial charge in [-0.2, -0.15) is 0 Å². The van der Waals surface area contributed by atoms with Crippen LogP contribution in [0.25, 0.3) is 21.5 Å². The highest BCUT2D eigenvalue weighted by atomic mass is 79.9. The first-order valence-corrected chi connectivity index (χ1v) is 6.36. The Morgan fingerprint density at radius 2 is 1.19 bits per heavy atom. The number of alkyl halides is 1. The molecular weight excluding hydrogens is 260 g/mol. The van der Waals surface area contributed by atoms with Crippen LogP contribution in [0.5, 0.6) is 0 Å². The van der Waals surface area contributed by atoms with E-state index in [4.69, 9.17) is 0 Å². The Morgan fingerprint density at radius 3 is 1.69 bits per heavy atom. The van der Waals surface area contributed by atoms with Gasteiger partial charge in [0.25, 0.3) is 0 Å². The van der Waals surface area contributed by atoms with Crippen molar-refractivity contribution in [1.82, 2.24) is 0 Å². The standard InChI is InChI=1S/C15H9Br/c16-15-11-5-1-3-9-7-8-10-4-2-6-12(15)14(10)13(9)11/h1-8,15H. The van der Waals surface area contributed by atoms with Crippen molar-refractivity contribution in [1.29, 1.82) is 0 Å². The molecule has 0 radical (unpaired) electrons. The molecule has 0 saturated carbocycles. The summed E-state index contributed by atoms with van der Waals surface area (Å²) >= 11 is 3.80. The van der Waals surface area contributed by atoms with Crippen LogP contribution in [0, 0.1) is 0 Å². The molecule has 0 amide bonds. The smallest absolute Gasteiger partial charge is 0.0657 e. The molecule has 3 aromatic rings. The minimum Gasteiger partial charge on any atom is -0.0786 e. The van der Waals surface area contributed by atoms with Crippen molar-refractivity contribution in [3.05, 3.63) is 59.7 Å². The lowest BCUT2D eigenvalue weighted by Crippen LogP contribution is -1.84. The van der Waals surface area contributed by atoms with Crippen molar-refractivity contribution in [2.45, 2.75) is 4.83 Å². The van der Waals surface area contributed by atoms with E-state index in [9.17, 15) is 0 Å². The van der Waals surface area contributed by atoms with Crippen LogP contribution in [0.3, 0.4) is 0 Å². The van der Waals surface area contributed by atoms with Gasteiger partial charge in [0, 0.05) is 0 Å². The molecule has 0 nitrogen and oxygen atoms in total. The van der Waals surface area contributed by atoms with Gasteiger partial charge in [0.2, 0.25) is 0 Å². The first kappa shape index (κ1) is 8.77. The van der Waals surface area contributed by atoms with Gasteiger partial charge in [-0.05, 0) is 32.7 Å². The predicted molar refractivity (Wildman–Crippen MR) is 72.2 cm³/mol. The van der Waals surface area contributed by atoms with E-state index in [1.54, 1.807) is 0 Å². The molecule has 0 aliphatic heterocycles. The minimum atomic E-state index is 0.359. The van der Waals surface area contributed by atoms with E-state index in [2.05, 4.69) is 64.5 Å². The summed E-state index contributed by atoms with van der Waals surface area (Å²) in [5, 5.41) is 5.55. The maximum absolute atomic E-state index is 3.80. The van der Waals surface area contributed by atoms with Crippen molar-refractivity contribution in [2.75, 3.05) is 0 Å². The molecule has 76 valence electrons. The monoisotopic (exact) mass is 268 g/mol. The average molecular weight is 269 g/mol. The first-order valence-electron chi connectivity index (χ1n) is 5.44. The second-order valence-corrected chi connectivity index (χ2v) is 5.23. The van der Waals surface area contributed by atoms with Crippen LogP contribution in [-0.2, 0) is 0 Å². The summed E-state index contributed by atoms with van der Waals surface area (Å²) in [5.74, 6) is 0. The van der Waals surface area contributed by atoms with Crippen LogP contribution in [0.1, 0.15) is 16.0 Å². The molecule has 3 aromatic carbocycles. The average Bonchev–Trinajstić information content (AvgIpc) is 2.64. The van der Waals surface area contributed by atoms with Crippen LogP contribution in [0.4, 0.5) is 0 Å². The minimum absolute atomic E-state index is 0.359. The lowest BCUT2D eigenvalue weighted by atomic mass is 10.0. The van der Waals surface area contributed by atoms with Crippen LogP contribution < -0.4 is 0 Å². The van der Waals surface area contributed by atoms with Gasteiger partial charge in [-0.3, -0.25) is 0 Å². The Labute approximate surface area is 102 Å². The molecule has 0 fully saturated rings. The fourth-order valence-electron chi connectivity index (χ4n) is 2.80. The van der Waals surface area contributed by atoms with Crippen molar-refractivity contribution in [3.8, 4) is 0 Å².